The van der Waals surface area contributed by atoms with Gasteiger partial charge in [0.05, 0.1) is 0 Å². The third kappa shape index (κ3) is 5.49. The molecule has 0 bridgehead atoms. The maximum Gasteiger partial charge on any atom is 0.317 e. The van der Waals surface area contributed by atoms with E-state index in [2.05, 4.69) is 19.2 Å². The Kier molecular flexibility index (Phi) is 7.12. The van der Waals surface area contributed by atoms with E-state index in [1.807, 2.05) is 35.2 Å². The van der Waals surface area contributed by atoms with Crippen LogP contribution in [0.2, 0.25) is 0 Å². The Labute approximate surface area is 173 Å². The van der Waals surface area contributed by atoms with Crippen LogP contribution in [0.3, 0.4) is 0 Å². The van der Waals surface area contributed by atoms with Gasteiger partial charge >= 0.3 is 17.8 Å². The molecule has 0 unspecified atom stereocenters. The van der Waals surface area contributed by atoms with Crippen molar-refractivity contribution < 1.29 is 14.4 Å². The van der Waals surface area contributed by atoms with Crippen LogP contribution in [-0.2, 0) is 16.1 Å². The van der Waals surface area contributed by atoms with Gasteiger partial charge < -0.3 is 20.0 Å². The van der Waals surface area contributed by atoms with Gasteiger partial charge in [-0.25, -0.2) is 4.79 Å². The summed E-state index contributed by atoms with van der Waals surface area (Å²) in [6.45, 7) is 7.76. The maximum absolute atomic E-state index is 12.7. The summed E-state index contributed by atoms with van der Waals surface area (Å²) in [6, 6.07) is 9.74. The second kappa shape index (κ2) is 9.76. The van der Waals surface area contributed by atoms with Crippen LogP contribution in [0.15, 0.2) is 30.3 Å². The Morgan fingerprint density at radius 2 is 1.72 bits per heavy atom. The van der Waals surface area contributed by atoms with Crippen molar-refractivity contribution in [3.63, 3.8) is 0 Å². The summed E-state index contributed by atoms with van der Waals surface area (Å²) in [7, 11) is 0. The monoisotopic (exact) mass is 400 g/mol. The van der Waals surface area contributed by atoms with E-state index in [0.29, 0.717) is 45.2 Å². The van der Waals surface area contributed by atoms with Crippen molar-refractivity contribution in [2.24, 2.45) is 5.92 Å². The highest BCUT2D eigenvalue weighted by atomic mass is 16.2. The highest BCUT2D eigenvalue weighted by Gasteiger charge is 2.37. The van der Waals surface area contributed by atoms with Gasteiger partial charge in [-0.3, -0.25) is 9.59 Å². The van der Waals surface area contributed by atoms with E-state index in [0.717, 1.165) is 24.8 Å². The van der Waals surface area contributed by atoms with Gasteiger partial charge in [-0.1, -0.05) is 44.2 Å². The zero-order valence-electron chi connectivity index (χ0n) is 17.5. The summed E-state index contributed by atoms with van der Waals surface area (Å²) in [5, 5.41) is 2.97. The lowest BCUT2D eigenvalue weighted by atomic mass is 10.0. The third-order valence-corrected chi connectivity index (χ3v) is 5.75. The van der Waals surface area contributed by atoms with E-state index in [9.17, 15) is 14.4 Å². The molecule has 29 heavy (non-hydrogen) atoms. The minimum atomic E-state index is -0.422. The minimum absolute atomic E-state index is 0.0285. The number of likely N-dealkylation sites (tertiary alicyclic amines) is 1. The first-order valence-corrected chi connectivity index (χ1v) is 10.6. The number of carbonyl (C=O) groups is 3. The first-order valence-electron chi connectivity index (χ1n) is 10.6. The van der Waals surface area contributed by atoms with Gasteiger partial charge in [-0.05, 0) is 30.7 Å². The van der Waals surface area contributed by atoms with E-state index >= 15 is 0 Å². The average molecular weight is 401 g/mol. The number of piperazine rings is 1. The van der Waals surface area contributed by atoms with E-state index in [1.165, 1.54) is 0 Å². The topological polar surface area (TPSA) is 73.0 Å². The van der Waals surface area contributed by atoms with E-state index in [4.69, 9.17) is 0 Å². The zero-order chi connectivity index (χ0) is 20.8. The molecule has 0 aliphatic carbocycles. The number of carbonyl (C=O) groups excluding carboxylic acids is 3. The second-order valence-corrected chi connectivity index (χ2v) is 8.34. The lowest BCUT2D eigenvalue weighted by Gasteiger charge is -2.42. The number of urea groups is 1. The molecule has 7 heteroatoms. The SMILES string of the molecule is CC(C)CCNC(=O)N1CCC(N2CCN(Cc3ccccc3)C(=O)C2=O)CC1. The number of piperidine rings is 1. The highest BCUT2D eigenvalue weighted by Crippen LogP contribution is 2.20. The van der Waals surface area contributed by atoms with Gasteiger partial charge in [0.1, 0.15) is 0 Å². The molecular weight excluding hydrogens is 368 g/mol. The normalized spacial score (nSPS) is 18.5. The van der Waals surface area contributed by atoms with Crippen LogP contribution in [-0.4, -0.2) is 71.3 Å². The first kappa shape index (κ1) is 21.1. The van der Waals surface area contributed by atoms with Crippen molar-refractivity contribution in [3.05, 3.63) is 35.9 Å². The Balaban J connectivity index is 1.47. The van der Waals surface area contributed by atoms with Crippen LogP contribution in [0.25, 0.3) is 0 Å². The predicted molar refractivity (Wildman–Crippen MR) is 111 cm³/mol. The molecule has 0 saturated carbocycles. The maximum atomic E-state index is 12.7. The molecule has 7 nitrogen and oxygen atoms in total. The molecule has 2 heterocycles. The van der Waals surface area contributed by atoms with E-state index in [1.54, 1.807) is 9.80 Å². The Morgan fingerprint density at radius 3 is 2.38 bits per heavy atom. The predicted octanol–water partition coefficient (Wildman–Crippen LogP) is 2.08. The Bertz CT molecular complexity index is 714. The summed E-state index contributed by atoms with van der Waals surface area (Å²) in [4.78, 5) is 42.7. The lowest BCUT2D eigenvalue weighted by Crippen LogP contribution is -2.59. The molecule has 1 aromatic carbocycles. The van der Waals surface area contributed by atoms with E-state index in [-0.39, 0.29) is 12.1 Å². The Morgan fingerprint density at radius 1 is 1.03 bits per heavy atom. The molecule has 2 aliphatic heterocycles. The number of nitrogens with zero attached hydrogens (tertiary/aromatic N) is 3. The summed E-state index contributed by atoms with van der Waals surface area (Å²) < 4.78 is 0. The standard InChI is InChI=1S/C22H32N4O3/c1-17(2)8-11-23-22(29)24-12-9-19(10-13-24)26-15-14-25(20(27)21(26)28)16-18-6-4-3-5-7-18/h3-7,17,19H,8-16H2,1-2H3,(H,23,29). The van der Waals surface area contributed by atoms with Crippen molar-refractivity contribution >= 4 is 17.8 Å². The molecule has 0 atom stereocenters. The molecule has 158 valence electrons. The Hall–Kier alpha value is -2.57. The third-order valence-electron chi connectivity index (χ3n) is 5.75. The second-order valence-electron chi connectivity index (χ2n) is 8.34. The fraction of sp³-hybridized carbons (Fsp3) is 0.591. The van der Waals surface area contributed by atoms with Crippen LogP contribution in [0, 0.1) is 5.92 Å². The smallest absolute Gasteiger partial charge is 0.317 e. The molecule has 1 N–H and O–H groups in total. The molecule has 2 fully saturated rings. The van der Waals surface area contributed by atoms with Crippen molar-refractivity contribution in [3.8, 4) is 0 Å². The van der Waals surface area contributed by atoms with Crippen molar-refractivity contribution in [1.82, 2.24) is 20.0 Å². The number of hydrogen-bond donors (Lipinski definition) is 1. The van der Waals surface area contributed by atoms with Gasteiger partial charge in [0.25, 0.3) is 0 Å². The van der Waals surface area contributed by atoms with Gasteiger partial charge in [-0.2, -0.15) is 0 Å². The molecule has 4 amide bonds. The quantitative estimate of drug-likeness (QED) is 0.743. The molecule has 0 spiro atoms. The summed E-state index contributed by atoms with van der Waals surface area (Å²) in [6.07, 6.45) is 2.40. The number of rotatable bonds is 6. The van der Waals surface area contributed by atoms with Crippen LogP contribution in [0.5, 0.6) is 0 Å². The van der Waals surface area contributed by atoms with Crippen LogP contribution in [0.1, 0.15) is 38.7 Å². The molecular formula is C22H32N4O3. The molecule has 1 aromatic rings. The number of hydrogen-bond acceptors (Lipinski definition) is 3. The number of benzene rings is 1. The lowest BCUT2D eigenvalue weighted by molar-refractivity contribution is -0.158. The van der Waals surface area contributed by atoms with Crippen LogP contribution >= 0.6 is 0 Å². The molecule has 3 rings (SSSR count). The van der Waals surface area contributed by atoms with Crippen LogP contribution in [0.4, 0.5) is 4.79 Å². The summed E-state index contributed by atoms with van der Waals surface area (Å²) in [5.41, 5.74) is 1.03. The first-order chi connectivity index (χ1) is 14.0. The van der Waals surface area contributed by atoms with Gasteiger partial charge in [0, 0.05) is 45.3 Å². The fourth-order valence-electron chi connectivity index (χ4n) is 3.95. The van der Waals surface area contributed by atoms with Gasteiger partial charge in [-0.15, -0.1) is 0 Å². The molecule has 2 aliphatic rings. The summed E-state index contributed by atoms with van der Waals surface area (Å²) >= 11 is 0. The minimum Gasteiger partial charge on any atom is -0.338 e. The number of amides is 4. The fourth-order valence-corrected chi connectivity index (χ4v) is 3.95. The average Bonchev–Trinajstić information content (AvgIpc) is 2.72. The largest absolute Gasteiger partial charge is 0.338 e. The van der Waals surface area contributed by atoms with Gasteiger partial charge in [0.2, 0.25) is 0 Å². The molecule has 2 saturated heterocycles. The summed E-state index contributed by atoms with van der Waals surface area (Å²) in [5.74, 6) is -0.272. The molecule has 0 aromatic heterocycles. The van der Waals surface area contributed by atoms with Crippen molar-refractivity contribution in [2.75, 3.05) is 32.7 Å². The van der Waals surface area contributed by atoms with Gasteiger partial charge in [0.15, 0.2) is 0 Å². The highest BCUT2D eigenvalue weighted by molar-refractivity contribution is 6.35. The number of nitrogens with one attached hydrogen (secondary N) is 1. The van der Waals surface area contributed by atoms with Crippen molar-refractivity contribution in [2.45, 2.75) is 45.7 Å². The van der Waals surface area contributed by atoms with E-state index < -0.39 is 11.8 Å². The van der Waals surface area contributed by atoms with Crippen LogP contribution < -0.4 is 5.32 Å². The van der Waals surface area contributed by atoms with Crippen molar-refractivity contribution in [1.29, 1.82) is 0 Å². The zero-order valence-corrected chi connectivity index (χ0v) is 17.5. The molecule has 0 radical (unpaired) electrons.